The molecule has 1 aromatic carbocycles. The van der Waals surface area contributed by atoms with E-state index in [1.54, 1.807) is 0 Å². The van der Waals surface area contributed by atoms with E-state index in [1.165, 1.54) is 0 Å². The summed E-state index contributed by atoms with van der Waals surface area (Å²) in [6, 6.07) is 12.0. The van der Waals surface area contributed by atoms with Crippen LogP contribution in [0.3, 0.4) is 0 Å². The maximum Gasteiger partial charge on any atom is 0.130 e. The molecule has 2 aromatic rings. The van der Waals surface area contributed by atoms with Gasteiger partial charge < -0.3 is 11.1 Å². The number of para-hydroxylation sites is 1. The van der Waals surface area contributed by atoms with Crippen LogP contribution in [0.4, 0.5) is 11.5 Å². The highest BCUT2D eigenvalue weighted by molar-refractivity contribution is 5.60. The molecule has 2 rings (SSSR count). The molecule has 16 heavy (non-hydrogen) atoms. The van der Waals surface area contributed by atoms with E-state index in [9.17, 15) is 0 Å². The SMILES string of the molecule is Cc1ccc(Nc2ccccc2CN)nc1. The van der Waals surface area contributed by atoms with E-state index in [2.05, 4.69) is 10.3 Å². The Hall–Kier alpha value is -1.87. The van der Waals surface area contributed by atoms with Gasteiger partial charge in [0.15, 0.2) is 0 Å². The molecule has 0 saturated heterocycles. The summed E-state index contributed by atoms with van der Waals surface area (Å²) >= 11 is 0. The van der Waals surface area contributed by atoms with Gasteiger partial charge >= 0.3 is 0 Å². The molecule has 0 aliphatic rings. The van der Waals surface area contributed by atoms with Crippen molar-refractivity contribution < 1.29 is 0 Å². The third-order valence-electron chi connectivity index (χ3n) is 2.41. The predicted molar refractivity (Wildman–Crippen MR) is 66.6 cm³/mol. The van der Waals surface area contributed by atoms with Crippen LogP contribution in [-0.2, 0) is 6.54 Å². The molecule has 0 fully saturated rings. The van der Waals surface area contributed by atoms with Crippen LogP contribution in [0.15, 0.2) is 42.6 Å². The summed E-state index contributed by atoms with van der Waals surface area (Å²) in [5.74, 6) is 0.839. The Morgan fingerprint density at radius 2 is 2.00 bits per heavy atom. The van der Waals surface area contributed by atoms with Crippen LogP contribution in [0.5, 0.6) is 0 Å². The molecule has 82 valence electrons. The maximum atomic E-state index is 5.67. The second kappa shape index (κ2) is 4.77. The van der Waals surface area contributed by atoms with Gasteiger partial charge in [0.2, 0.25) is 0 Å². The zero-order valence-electron chi connectivity index (χ0n) is 9.27. The summed E-state index contributed by atoms with van der Waals surface area (Å²) in [6.07, 6.45) is 1.84. The van der Waals surface area contributed by atoms with Crippen molar-refractivity contribution in [3.8, 4) is 0 Å². The smallest absolute Gasteiger partial charge is 0.130 e. The standard InChI is InChI=1S/C13H15N3/c1-10-6-7-13(15-9-10)16-12-5-3-2-4-11(12)8-14/h2-7,9H,8,14H2,1H3,(H,15,16). The fourth-order valence-electron chi connectivity index (χ4n) is 1.50. The number of aromatic nitrogens is 1. The third-order valence-corrected chi connectivity index (χ3v) is 2.41. The number of nitrogens with one attached hydrogen (secondary N) is 1. The van der Waals surface area contributed by atoms with Gasteiger partial charge in [-0.15, -0.1) is 0 Å². The van der Waals surface area contributed by atoms with Crippen LogP contribution in [0, 0.1) is 6.92 Å². The minimum atomic E-state index is 0.523. The molecule has 0 radical (unpaired) electrons. The van der Waals surface area contributed by atoms with Crippen LogP contribution in [0.1, 0.15) is 11.1 Å². The van der Waals surface area contributed by atoms with Crippen molar-refractivity contribution >= 4 is 11.5 Å². The Balaban J connectivity index is 2.23. The zero-order valence-corrected chi connectivity index (χ0v) is 9.27. The normalized spacial score (nSPS) is 10.1. The van der Waals surface area contributed by atoms with E-state index in [0.29, 0.717) is 6.54 Å². The van der Waals surface area contributed by atoms with Crippen molar-refractivity contribution in [1.29, 1.82) is 0 Å². The second-order valence-corrected chi connectivity index (χ2v) is 3.71. The monoisotopic (exact) mass is 213 g/mol. The lowest BCUT2D eigenvalue weighted by Gasteiger charge is -2.09. The van der Waals surface area contributed by atoms with Crippen molar-refractivity contribution in [2.24, 2.45) is 5.73 Å². The van der Waals surface area contributed by atoms with Crippen molar-refractivity contribution in [1.82, 2.24) is 4.98 Å². The van der Waals surface area contributed by atoms with Gasteiger partial charge in [-0.05, 0) is 30.2 Å². The van der Waals surface area contributed by atoms with Crippen molar-refractivity contribution in [3.05, 3.63) is 53.7 Å². The van der Waals surface area contributed by atoms with Gasteiger partial charge in [0.1, 0.15) is 5.82 Å². The number of nitrogens with zero attached hydrogens (tertiary/aromatic N) is 1. The van der Waals surface area contributed by atoms with Gasteiger partial charge in [-0.1, -0.05) is 24.3 Å². The highest BCUT2D eigenvalue weighted by Gasteiger charge is 2.00. The van der Waals surface area contributed by atoms with Crippen molar-refractivity contribution in [2.45, 2.75) is 13.5 Å². The number of rotatable bonds is 3. The van der Waals surface area contributed by atoms with E-state index < -0.39 is 0 Å². The van der Waals surface area contributed by atoms with Crippen molar-refractivity contribution in [3.63, 3.8) is 0 Å². The summed E-state index contributed by atoms with van der Waals surface area (Å²) < 4.78 is 0. The molecule has 1 aromatic heterocycles. The van der Waals surface area contributed by atoms with Gasteiger partial charge in [0.25, 0.3) is 0 Å². The van der Waals surface area contributed by atoms with E-state index >= 15 is 0 Å². The van der Waals surface area contributed by atoms with Crippen LogP contribution < -0.4 is 11.1 Å². The molecule has 0 unspecified atom stereocenters. The van der Waals surface area contributed by atoms with Crippen LogP contribution in [-0.4, -0.2) is 4.98 Å². The third kappa shape index (κ3) is 2.38. The molecule has 0 atom stereocenters. The zero-order chi connectivity index (χ0) is 11.4. The van der Waals surface area contributed by atoms with Gasteiger partial charge in [0.05, 0.1) is 0 Å². The molecular formula is C13H15N3. The quantitative estimate of drug-likeness (QED) is 0.824. The fraction of sp³-hybridized carbons (Fsp3) is 0.154. The number of aryl methyl sites for hydroxylation is 1. The first kappa shape index (κ1) is 10.6. The first-order valence-electron chi connectivity index (χ1n) is 5.27. The van der Waals surface area contributed by atoms with Crippen LogP contribution in [0.2, 0.25) is 0 Å². The molecule has 0 spiro atoms. The lowest BCUT2D eigenvalue weighted by Crippen LogP contribution is -2.02. The first-order chi connectivity index (χ1) is 7.79. The average molecular weight is 213 g/mol. The molecule has 3 N–H and O–H groups in total. The summed E-state index contributed by atoms with van der Waals surface area (Å²) in [6.45, 7) is 2.54. The predicted octanol–water partition coefficient (Wildman–Crippen LogP) is 2.59. The molecule has 0 bridgehead atoms. The Kier molecular flexibility index (Phi) is 3.17. The summed E-state index contributed by atoms with van der Waals surface area (Å²) in [5.41, 5.74) is 8.92. The maximum absolute atomic E-state index is 5.67. The molecule has 3 heteroatoms. The first-order valence-corrected chi connectivity index (χ1v) is 5.27. The van der Waals surface area contributed by atoms with Crippen LogP contribution >= 0.6 is 0 Å². The Bertz CT molecular complexity index is 463. The number of hydrogen-bond donors (Lipinski definition) is 2. The van der Waals surface area contributed by atoms with E-state index in [1.807, 2.05) is 49.5 Å². The lowest BCUT2D eigenvalue weighted by atomic mass is 10.2. The number of hydrogen-bond acceptors (Lipinski definition) is 3. The Labute approximate surface area is 95.3 Å². The Morgan fingerprint density at radius 3 is 2.69 bits per heavy atom. The van der Waals surface area contributed by atoms with Gasteiger partial charge in [-0.3, -0.25) is 0 Å². The van der Waals surface area contributed by atoms with E-state index in [0.717, 1.165) is 22.6 Å². The fourth-order valence-corrected chi connectivity index (χ4v) is 1.50. The highest BCUT2D eigenvalue weighted by Crippen LogP contribution is 2.18. The minimum Gasteiger partial charge on any atom is -0.340 e. The molecule has 0 saturated carbocycles. The molecule has 3 nitrogen and oxygen atoms in total. The van der Waals surface area contributed by atoms with Gasteiger partial charge in [-0.25, -0.2) is 4.98 Å². The molecule has 0 aliphatic heterocycles. The van der Waals surface area contributed by atoms with Crippen LogP contribution in [0.25, 0.3) is 0 Å². The molecule has 0 amide bonds. The van der Waals surface area contributed by atoms with Gasteiger partial charge in [0, 0.05) is 18.4 Å². The topological polar surface area (TPSA) is 50.9 Å². The average Bonchev–Trinajstić information content (AvgIpc) is 2.33. The number of pyridine rings is 1. The summed E-state index contributed by atoms with van der Waals surface area (Å²) in [4.78, 5) is 4.30. The Morgan fingerprint density at radius 1 is 1.19 bits per heavy atom. The van der Waals surface area contributed by atoms with Gasteiger partial charge in [-0.2, -0.15) is 0 Å². The second-order valence-electron chi connectivity index (χ2n) is 3.71. The molecule has 1 heterocycles. The molecule has 0 aliphatic carbocycles. The van der Waals surface area contributed by atoms with E-state index in [4.69, 9.17) is 5.73 Å². The number of anilines is 2. The molecular weight excluding hydrogens is 198 g/mol. The lowest BCUT2D eigenvalue weighted by molar-refractivity contribution is 1.07. The summed E-state index contributed by atoms with van der Waals surface area (Å²) in [5, 5.41) is 3.26. The highest BCUT2D eigenvalue weighted by atomic mass is 15.0. The van der Waals surface area contributed by atoms with Crippen molar-refractivity contribution in [2.75, 3.05) is 5.32 Å². The largest absolute Gasteiger partial charge is 0.340 e. The number of benzene rings is 1. The number of nitrogens with two attached hydrogens (primary N) is 1. The summed E-state index contributed by atoms with van der Waals surface area (Å²) in [7, 11) is 0. The van der Waals surface area contributed by atoms with E-state index in [-0.39, 0.29) is 0 Å². The minimum absolute atomic E-state index is 0.523.